The fraction of sp³-hybridized carbons (Fsp3) is 0.214. The second kappa shape index (κ2) is 12.8. The summed E-state index contributed by atoms with van der Waals surface area (Å²) < 4.78 is 16.1. The van der Waals surface area contributed by atoms with Gasteiger partial charge in [-0.25, -0.2) is 15.0 Å². The molecular weight excluding hydrogens is 555 g/mol. The molecule has 0 spiro atoms. The van der Waals surface area contributed by atoms with Gasteiger partial charge in [0, 0.05) is 36.9 Å². The molecule has 40 heavy (non-hydrogen) atoms. The molecular formula is C28H28Cl2N6O4. The molecule has 0 atom stereocenters. The zero-order chi connectivity index (χ0) is 28.8. The van der Waals surface area contributed by atoms with Gasteiger partial charge < -0.3 is 30.2 Å². The Morgan fingerprint density at radius 3 is 2.45 bits per heavy atom. The van der Waals surface area contributed by atoms with Crippen LogP contribution in [0.3, 0.4) is 0 Å². The third kappa shape index (κ3) is 6.04. The second-order valence-electron chi connectivity index (χ2n) is 8.51. The van der Waals surface area contributed by atoms with E-state index in [9.17, 15) is 4.79 Å². The third-order valence-corrected chi connectivity index (χ3v) is 6.70. The highest BCUT2D eigenvalue weighted by Gasteiger charge is 2.22. The number of benzene rings is 2. The molecule has 0 fully saturated rings. The lowest BCUT2D eigenvalue weighted by Crippen LogP contribution is -2.12. The molecule has 0 aliphatic rings. The quantitative estimate of drug-likeness (QED) is 0.139. The fourth-order valence-corrected chi connectivity index (χ4v) is 4.66. The summed E-state index contributed by atoms with van der Waals surface area (Å²) >= 11 is 13.4. The van der Waals surface area contributed by atoms with Crippen molar-refractivity contribution in [2.45, 2.75) is 6.92 Å². The number of aromatic nitrogens is 3. The highest BCUT2D eigenvalue weighted by atomic mass is 35.5. The highest BCUT2D eigenvalue weighted by molar-refractivity contribution is 6.41. The van der Waals surface area contributed by atoms with E-state index < -0.39 is 0 Å². The molecule has 12 heteroatoms. The van der Waals surface area contributed by atoms with Crippen molar-refractivity contribution < 1.29 is 19.0 Å². The Labute approximate surface area is 241 Å². The molecule has 2 aromatic carbocycles. The average molecular weight is 583 g/mol. The van der Waals surface area contributed by atoms with Crippen LogP contribution in [0.25, 0.3) is 22.2 Å². The molecule has 0 saturated heterocycles. The number of fused-ring (bicyclic) bond motifs is 1. The Morgan fingerprint density at radius 2 is 1.80 bits per heavy atom. The topological polar surface area (TPSA) is 120 Å². The zero-order valence-electron chi connectivity index (χ0n) is 22.4. The summed E-state index contributed by atoms with van der Waals surface area (Å²) in [5, 5.41) is 10.5. The molecule has 0 unspecified atom stereocenters. The number of para-hydroxylation sites is 1. The van der Waals surface area contributed by atoms with Crippen LogP contribution in [0.1, 0.15) is 5.56 Å². The number of methoxy groups -OCH3 is 3. The number of carbonyl (C=O) groups is 1. The molecule has 10 nitrogen and oxygen atoms in total. The van der Waals surface area contributed by atoms with Crippen LogP contribution in [-0.4, -0.2) is 55.3 Å². The smallest absolute Gasteiger partial charge is 0.247 e. The number of hydrogen-bond donors (Lipinski definition) is 3. The average Bonchev–Trinajstić information content (AvgIpc) is 2.95. The molecule has 0 radical (unpaired) electrons. The van der Waals surface area contributed by atoms with Gasteiger partial charge in [-0.05, 0) is 30.7 Å². The van der Waals surface area contributed by atoms with Gasteiger partial charge in [0.2, 0.25) is 11.9 Å². The Balaban J connectivity index is 1.84. The van der Waals surface area contributed by atoms with Gasteiger partial charge in [0.1, 0.15) is 17.0 Å². The molecule has 4 rings (SSSR count). The lowest BCUT2D eigenvalue weighted by Gasteiger charge is -2.17. The number of aryl methyl sites for hydroxylation is 1. The minimum Gasteiger partial charge on any atom is -0.495 e. The number of rotatable bonds is 11. The minimum atomic E-state index is -0.332. The normalized spacial score (nSPS) is 10.8. The molecule has 1 amide bonds. The number of anilines is 4. The third-order valence-electron chi connectivity index (χ3n) is 5.95. The van der Waals surface area contributed by atoms with E-state index in [2.05, 4.69) is 27.5 Å². The van der Waals surface area contributed by atoms with Gasteiger partial charge in [0.25, 0.3) is 0 Å². The summed E-state index contributed by atoms with van der Waals surface area (Å²) in [5.74, 6) is 1.22. The largest absolute Gasteiger partial charge is 0.495 e. The van der Waals surface area contributed by atoms with Gasteiger partial charge in [-0.1, -0.05) is 41.9 Å². The van der Waals surface area contributed by atoms with Crippen LogP contribution in [0, 0.1) is 6.92 Å². The predicted molar refractivity (Wildman–Crippen MR) is 160 cm³/mol. The van der Waals surface area contributed by atoms with Crippen molar-refractivity contribution in [3.63, 3.8) is 0 Å². The molecule has 2 aromatic heterocycles. The summed E-state index contributed by atoms with van der Waals surface area (Å²) in [4.78, 5) is 26.0. The van der Waals surface area contributed by atoms with Gasteiger partial charge in [0.05, 0.1) is 47.9 Å². The predicted octanol–water partition coefficient (Wildman–Crippen LogP) is 6.25. The van der Waals surface area contributed by atoms with Gasteiger partial charge in [-0.3, -0.25) is 4.79 Å². The standard InChI is InChI=1S/C28H28Cl2N6O4/c1-6-21(37)33-17-9-7-8-15(2)25(17)35-28-32-14-16-12-18(34-27(26(16)36-28)31-10-11-38-3)22-23(29)19(39-4)13-20(40-5)24(22)30/h6-9,12-14H,1,10-11H2,2-5H3,(H,31,34)(H,33,37)(H,32,35,36). The van der Waals surface area contributed by atoms with Crippen molar-refractivity contribution in [2.24, 2.45) is 0 Å². The number of hydrogen-bond acceptors (Lipinski definition) is 9. The summed E-state index contributed by atoms with van der Waals surface area (Å²) in [5.41, 5.74) is 3.56. The first kappa shape index (κ1) is 28.9. The Kier molecular flexibility index (Phi) is 9.26. The first-order valence-corrected chi connectivity index (χ1v) is 12.9. The van der Waals surface area contributed by atoms with E-state index in [1.165, 1.54) is 20.3 Å². The van der Waals surface area contributed by atoms with Crippen molar-refractivity contribution in [1.82, 2.24) is 15.0 Å². The van der Waals surface area contributed by atoms with Crippen molar-refractivity contribution in [3.05, 3.63) is 64.8 Å². The van der Waals surface area contributed by atoms with Gasteiger partial charge >= 0.3 is 0 Å². The monoisotopic (exact) mass is 582 g/mol. The van der Waals surface area contributed by atoms with Crippen LogP contribution in [0.2, 0.25) is 10.0 Å². The van der Waals surface area contributed by atoms with E-state index in [0.29, 0.717) is 70.0 Å². The summed E-state index contributed by atoms with van der Waals surface area (Å²) in [7, 11) is 4.63. The molecule has 0 bridgehead atoms. The van der Waals surface area contributed by atoms with Crippen LogP contribution in [0.4, 0.5) is 23.1 Å². The number of carbonyl (C=O) groups excluding carboxylic acids is 1. The number of ether oxygens (including phenoxy) is 3. The van der Waals surface area contributed by atoms with Gasteiger partial charge in [0.15, 0.2) is 5.82 Å². The lowest BCUT2D eigenvalue weighted by atomic mass is 10.1. The van der Waals surface area contributed by atoms with E-state index in [1.807, 2.05) is 19.1 Å². The van der Waals surface area contributed by atoms with E-state index >= 15 is 0 Å². The molecule has 4 aromatic rings. The molecule has 0 aliphatic heterocycles. The maximum Gasteiger partial charge on any atom is 0.247 e. The lowest BCUT2D eigenvalue weighted by molar-refractivity contribution is -0.111. The summed E-state index contributed by atoms with van der Waals surface area (Å²) in [6.07, 6.45) is 2.87. The maximum absolute atomic E-state index is 12.0. The summed E-state index contributed by atoms with van der Waals surface area (Å²) in [6, 6.07) is 8.93. The Bertz CT molecular complexity index is 1550. The van der Waals surface area contributed by atoms with Crippen molar-refractivity contribution in [2.75, 3.05) is 50.4 Å². The van der Waals surface area contributed by atoms with Crippen LogP contribution < -0.4 is 25.4 Å². The van der Waals surface area contributed by atoms with Crippen molar-refractivity contribution in [3.8, 4) is 22.8 Å². The minimum absolute atomic E-state index is 0.288. The molecule has 208 valence electrons. The Hall–Kier alpha value is -4.12. The van der Waals surface area contributed by atoms with Crippen molar-refractivity contribution in [1.29, 1.82) is 0 Å². The van der Waals surface area contributed by atoms with Gasteiger partial charge in [-0.2, -0.15) is 0 Å². The maximum atomic E-state index is 12.0. The zero-order valence-corrected chi connectivity index (χ0v) is 23.9. The van der Waals surface area contributed by atoms with Crippen LogP contribution in [0.5, 0.6) is 11.5 Å². The molecule has 2 heterocycles. The molecule has 0 aliphatic carbocycles. The SMILES string of the molecule is C=CC(=O)Nc1cccc(C)c1Nc1ncc2cc(-c3c(Cl)c(OC)cc(OC)c3Cl)nc(NCCOC)c2n1. The van der Waals surface area contributed by atoms with Crippen LogP contribution in [-0.2, 0) is 9.53 Å². The number of amides is 1. The second-order valence-corrected chi connectivity index (χ2v) is 9.26. The van der Waals surface area contributed by atoms with E-state index in [4.69, 9.17) is 47.4 Å². The van der Waals surface area contributed by atoms with Gasteiger partial charge in [-0.15, -0.1) is 0 Å². The Morgan fingerprint density at radius 1 is 1.07 bits per heavy atom. The molecule has 3 N–H and O–H groups in total. The number of halogens is 2. The fourth-order valence-electron chi connectivity index (χ4n) is 3.97. The number of nitrogens with zero attached hydrogens (tertiary/aromatic N) is 3. The first-order chi connectivity index (χ1) is 19.3. The number of pyridine rings is 1. The number of nitrogens with one attached hydrogen (secondary N) is 3. The molecule has 0 saturated carbocycles. The highest BCUT2D eigenvalue weighted by Crippen LogP contribution is 2.46. The van der Waals surface area contributed by atoms with Crippen LogP contribution in [0.15, 0.2) is 49.2 Å². The first-order valence-electron chi connectivity index (χ1n) is 12.1. The summed E-state index contributed by atoms with van der Waals surface area (Å²) in [6.45, 7) is 6.33. The van der Waals surface area contributed by atoms with Crippen molar-refractivity contribution >= 4 is 63.2 Å². The van der Waals surface area contributed by atoms with E-state index in [1.54, 1.807) is 31.5 Å². The van der Waals surface area contributed by atoms with E-state index in [-0.39, 0.29) is 16.0 Å². The van der Waals surface area contributed by atoms with E-state index in [0.717, 1.165) is 5.56 Å². The van der Waals surface area contributed by atoms with Crippen LogP contribution >= 0.6 is 23.2 Å².